The van der Waals surface area contributed by atoms with Crippen molar-refractivity contribution in [3.05, 3.63) is 35.7 Å². The van der Waals surface area contributed by atoms with E-state index in [1.54, 1.807) is 0 Å². The largest absolute Gasteiger partial charge is 0.471 e. The average molecular weight is 405 g/mol. The van der Waals surface area contributed by atoms with Gasteiger partial charge in [-0.2, -0.15) is 18.2 Å². The molecule has 0 saturated heterocycles. The van der Waals surface area contributed by atoms with Crippen LogP contribution in [-0.2, 0) is 6.18 Å². The second-order valence-electron chi connectivity index (χ2n) is 6.36. The first kappa shape index (κ1) is 21.2. The molecule has 27 heavy (non-hydrogen) atoms. The van der Waals surface area contributed by atoms with Gasteiger partial charge in [0.05, 0.1) is 0 Å². The minimum atomic E-state index is -4.69. The topological polar surface area (TPSA) is 94.0 Å². The Labute approximate surface area is 160 Å². The molecule has 1 aliphatic carbocycles. The maximum absolute atomic E-state index is 12.5. The number of benzene rings is 1. The van der Waals surface area contributed by atoms with Crippen molar-refractivity contribution in [2.45, 2.75) is 37.9 Å². The number of nitrogens with zero attached hydrogens (tertiary/aromatic N) is 2. The fraction of sp³-hybridized carbons (Fsp3) is 0.471. The van der Waals surface area contributed by atoms with Gasteiger partial charge in [-0.1, -0.05) is 30.1 Å². The van der Waals surface area contributed by atoms with Crippen LogP contribution < -0.4 is 11.1 Å². The summed E-state index contributed by atoms with van der Waals surface area (Å²) >= 11 is 0. The predicted octanol–water partition coefficient (Wildman–Crippen LogP) is 3.42. The number of nitrogens with two attached hydrogens (primary N) is 1. The second kappa shape index (κ2) is 8.71. The SMILES string of the molecule is Cl.NCC1CCCCC1NC(=O)c1ccc(-c2noc(C(F)(F)F)n2)cc1. The zero-order valence-electron chi connectivity index (χ0n) is 14.3. The van der Waals surface area contributed by atoms with Gasteiger partial charge in [-0.3, -0.25) is 4.79 Å². The van der Waals surface area contributed by atoms with E-state index in [1.807, 2.05) is 0 Å². The Morgan fingerprint density at radius 3 is 2.48 bits per heavy atom. The van der Waals surface area contributed by atoms with Gasteiger partial charge in [0.2, 0.25) is 5.82 Å². The number of aromatic nitrogens is 2. The minimum absolute atomic E-state index is 0. The zero-order chi connectivity index (χ0) is 18.7. The van der Waals surface area contributed by atoms with Crippen molar-refractivity contribution >= 4 is 18.3 Å². The van der Waals surface area contributed by atoms with Crippen molar-refractivity contribution in [3.63, 3.8) is 0 Å². The van der Waals surface area contributed by atoms with Gasteiger partial charge in [-0.25, -0.2) is 0 Å². The summed E-state index contributed by atoms with van der Waals surface area (Å²) < 4.78 is 41.7. The van der Waals surface area contributed by atoms with Gasteiger partial charge in [-0.15, -0.1) is 12.4 Å². The van der Waals surface area contributed by atoms with Crippen molar-refractivity contribution in [2.24, 2.45) is 11.7 Å². The first-order chi connectivity index (χ1) is 12.4. The maximum atomic E-state index is 12.5. The van der Waals surface area contributed by atoms with E-state index in [1.165, 1.54) is 24.3 Å². The standard InChI is InChI=1S/C17H19F3N4O2.ClH/c18-17(19,20)16-23-14(24-26-16)10-5-7-11(8-6-10)15(25)22-13-4-2-1-3-12(13)9-21;/h5-8,12-13H,1-4,9,21H2,(H,22,25);1H. The number of rotatable bonds is 4. The van der Waals surface area contributed by atoms with Crippen LogP contribution in [0.15, 0.2) is 28.8 Å². The highest BCUT2D eigenvalue weighted by Crippen LogP contribution is 2.29. The monoisotopic (exact) mass is 404 g/mol. The van der Waals surface area contributed by atoms with Crippen molar-refractivity contribution in [1.82, 2.24) is 15.5 Å². The van der Waals surface area contributed by atoms with Crippen LogP contribution in [0.5, 0.6) is 0 Å². The van der Waals surface area contributed by atoms with E-state index in [-0.39, 0.29) is 36.1 Å². The Morgan fingerprint density at radius 2 is 1.89 bits per heavy atom. The summed E-state index contributed by atoms with van der Waals surface area (Å²) in [4.78, 5) is 15.7. The highest BCUT2D eigenvalue weighted by Gasteiger charge is 2.38. The molecule has 2 atom stereocenters. The van der Waals surface area contributed by atoms with Gasteiger partial charge in [0, 0.05) is 17.2 Å². The van der Waals surface area contributed by atoms with Crippen molar-refractivity contribution in [2.75, 3.05) is 6.54 Å². The molecule has 1 saturated carbocycles. The second-order valence-corrected chi connectivity index (χ2v) is 6.36. The molecule has 2 unspecified atom stereocenters. The van der Waals surface area contributed by atoms with E-state index in [4.69, 9.17) is 5.73 Å². The number of halogens is 4. The lowest BCUT2D eigenvalue weighted by Crippen LogP contribution is -2.44. The maximum Gasteiger partial charge on any atom is 0.471 e. The lowest BCUT2D eigenvalue weighted by atomic mass is 9.84. The molecule has 3 rings (SSSR count). The fourth-order valence-electron chi connectivity index (χ4n) is 3.16. The molecule has 6 nitrogen and oxygen atoms in total. The van der Waals surface area contributed by atoms with Crippen molar-refractivity contribution in [3.8, 4) is 11.4 Å². The summed E-state index contributed by atoms with van der Waals surface area (Å²) in [5.74, 6) is -1.54. The Morgan fingerprint density at radius 1 is 1.22 bits per heavy atom. The van der Waals surface area contributed by atoms with Gasteiger partial charge in [-0.05, 0) is 37.4 Å². The molecule has 148 valence electrons. The van der Waals surface area contributed by atoms with Crippen LogP contribution in [0.1, 0.15) is 41.9 Å². The Kier molecular flexibility index (Phi) is 6.83. The molecule has 10 heteroatoms. The molecule has 0 spiro atoms. The molecule has 1 aliphatic rings. The van der Waals surface area contributed by atoms with Crippen LogP contribution in [0.25, 0.3) is 11.4 Å². The van der Waals surface area contributed by atoms with E-state index < -0.39 is 12.1 Å². The predicted molar refractivity (Wildman–Crippen MR) is 94.3 cm³/mol. The van der Waals surface area contributed by atoms with Gasteiger partial charge >= 0.3 is 12.1 Å². The minimum Gasteiger partial charge on any atom is -0.349 e. The average Bonchev–Trinajstić information content (AvgIpc) is 3.13. The number of alkyl halides is 3. The molecular weight excluding hydrogens is 385 g/mol. The van der Waals surface area contributed by atoms with Crippen LogP contribution in [0.4, 0.5) is 13.2 Å². The molecule has 1 heterocycles. The molecule has 1 aromatic heterocycles. The van der Waals surface area contributed by atoms with Gasteiger partial charge in [0.25, 0.3) is 5.91 Å². The third-order valence-electron chi connectivity index (χ3n) is 4.60. The lowest BCUT2D eigenvalue weighted by molar-refractivity contribution is -0.159. The molecule has 0 aliphatic heterocycles. The molecule has 1 aromatic carbocycles. The highest BCUT2D eigenvalue weighted by molar-refractivity contribution is 5.94. The van der Waals surface area contributed by atoms with E-state index in [0.717, 1.165) is 25.7 Å². The number of carbonyl (C=O) groups excluding carboxylic acids is 1. The van der Waals surface area contributed by atoms with Gasteiger partial charge < -0.3 is 15.6 Å². The molecule has 1 fully saturated rings. The van der Waals surface area contributed by atoms with E-state index in [9.17, 15) is 18.0 Å². The van der Waals surface area contributed by atoms with Crippen molar-refractivity contribution in [1.29, 1.82) is 0 Å². The Hall–Kier alpha value is -2.13. The normalized spacial score (nSPS) is 20.0. The Balaban J connectivity index is 0.00000261. The molecule has 3 N–H and O–H groups in total. The fourth-order valence-corrected chi connectivity index (χ4v) is 3.16. The number of amides is 1. The first-order valence-electron chi connectivity index (χ1n) is 8.40. The summed E-state index contributed by atoms with van der Waals surface area (Å²) in [5, 5.41) is 6.32. The van der Waals surface area contributed by atoms with E-state index in [2.05, 4.69) is 20.0 Å². The third kappa shape index (κ3) is 4.98. The quantitative estimate of drug-likeness (QED) is 0.814. The molecular formula is C17H20ClF3N4O2. The zero-order valence-corrected chi connectivity index (χ0v) is 15.1. The molecule has 2 aromatic rings. The van der Waals surface area contributed by atoms with Crippen LogP contribution in [0.3, 0.4) is 0 Å². The smallest absolute Gasteiger partial charge is 0.349 e. The summed E-state index contributed by atoms with van der Waals surface area (Å²) in [7, 11) is 0. The summed E-state index contributed by atoms with van der Waals surface area (Å²) in [5.41, 5.74) is 6.51. The van der Waals surface area contributed by atoms with E-state index >= 15 is 0 Å². The van der Waals surface area contributed by atoms with Crippen LogP contribution in [0.2, 0.25) is 0 Å². The summed E-state index contributed by atoms with van der Waals surface area (Å²) in [6.45, 7) is 0.531. The lowest BCUT2D eigenvalue weighted by Gasteiger charge is -2.31. The number of nitrogens with one attached hydrogen (secondary N) is 1. The van der Waals surface area contributed by atoms with Crippen LogP contribution in [-0.4, -0.2) is 28.6 Å². The van der Waals surface area contributed by atoms with Gasteiger partial charge in [0.1, 0.15) is 0 Å². The van der Waals surface area contributed by atoms with Crippen LogP contribution in [0, 0.1) is 5.92 Å². The Bertz CT molecular complexity index is 764. The molecule has 1 amide bonds. The number of carbonyl (C=O) groups is 1. The number of hydrogen-bond donors (Lipinski definition) is 2. The molecule has 0 bridgehead atoms. The number of hydrogen-bond acceptors (Lipinski definition) is 5. The highest BCUT2D eigenvalue weighted by atomic mass is 35.5. The van der Waals surface area contributed by atoms with Gasteiger partial charge in [0.15, 0.2) is 0 Å². The molecule has 0 radical (unpaired) electrons. The van der Waals surface area contributed by atoms with Crippen LogP contribution >= 0.6 is 12.4 Å². The first-order valence-corrected chi connectivity index (χ1v) is 8.40. The third-order valence-corrected chi connectivity index (χ3v) is 4.60. The van der Waals surface area contributed by atoms with E-state index in [0.29, 0.717) is 17.7 Å². The summed E-state index contributed by atoms with van der Waals surface area (Å²) in [6, 6.07) is 6.07. The van der Waals surface area contributed by atoms with Crippen molar-refractivity contribution < 1.29 is 22.5 Å². The summed E-state index contributed by atoms with van der Waals surface area (Å²) in [6.07, 6.45) is -0.619.